The molecule has 150 valence electrons. The SMILES string of the molecule is O=C(NCCc1cccc(F)c1)c1ccc(NS(=O)(=O)c2ccc(Br)cc2)cc1. The lowest BCUT2D eigenvalue weighted by Gasteiger charge is -2.09. The highest BCUT2D eigenvalue weighted by molar-refractivity contribution is 9.10. The first-order valence-corrected chi connectivity index (χ1v) is 11.0. The van der Waals surface area contributed by atoms with Crippen molar-refractivity contribution in [3.05, 3.63) is 94.2 Å². The van der Waals surface area contributed by atoms with E-state index in [4.69, 9.17) is 0 Å². The molecule has 0 aliphatic rings. The standard InChI is InChI=1S/C21H18BrFN2O3S/c22-17-6-10-20(11-7-17)29(27,28)25-19-8-4-16(5-9-19)21(26)24-13-12-15-2-1-3-18(23)14-15/h1-11,14,25H,12-13H2,(H,24,26). The Morgan fingerprint density at radius 2 is 1.66 bits per heavy atom. The molecule has 0 saturated heterocycles. The number of benzene rings is 3. The van der Waals surface area contributed by atoms with E-state index in [1.165, 1.54) is 48.5 Å². The van der Waals surface area contributed by atoms with Gasteiger partial charge in [-0.15, -0.1) is 0 Å². The van der Waals surface area contributed by atoms with Gasteiger partial charge in [0.2, 0.25) is 0 Å². The molecule has 3 rings (SSSR count). The fraction of sp³-hybridized carbons (Fsp3) is 0.0952. The third-order valence-corrected chi connectivity index (χ3v) is 6.04. The van der Waals surface area contributed by atoms with E-state index in [-0.39, 0.29) is 16.6 Å². The zero-order chi connectivity index (χ0) is 20.9. The predicted molar refractivity (Wildman–Crippen MR) is 114 cm³/mol. The van der Waals surface area contributed by atoms with E-state index >= 15 is 0 Å². The van der Waals surface area contributed by atoms with E-state index in [2.05, 4.69) is 26.0 Å². The summed E-state index contributed by atoms with van der Waals surface area (Å²) in [6.07, 6.45) is 0.509. The van der Waals surface area contributed by atoms with Crippen molar-refractivity contribution < 1.29 is 17.6 Å². The molecule has 0 aromatic heterocycles. The van der Waals surface area contributed by atoms with Crippen molar-refractivity contribution in [2.45, 2.75) is 11.3 Å². The summed E-state index contributed by atoms with van der Waals surface area (Å²) in [5.74, 6) is -0.598. The number of hydrogen-bond acceptors (Lipinski definition) is 3. The Morgan fingerprint density at radius 3 is 2.31 bits per heavy atom. The second-order valence-corrected chi connectivity index (χ2v) is 8.87. The van der Waals surface area contributed by atoms with E-state index in [0.29, 0.717) is 24.2 Å². The van der Waals surface area contributed by atoms with Crippen molar-refractivity contribution in [3.8, 4) is 0 Å². The van der Waals surface area contributed by atoms with Gasteiger partial charge in [0.1, 0.15) is 5.82 Å². The minimum Gasteiger partial charge on any atom is -0.352 e. The molecule has 0 heterocycles. The normalized spacial score (nSPS) is 11.1. The molecule has 0 spiro atoms. The molecule has 0 atom stereocenters. The minimum atomic E-state index is -3.71. The maximum atomic E-state index is 13.2. The highest BCUT2D eigenvalue weighted by Crippen LogP contribution is 2.19. The van der Waals surface area contributed by atoms with Gasteiger partial charge in [-0.2, -0.15) is 0 Å². The average Bonchev–Trinajstić information content (AvgIpc) is 2.68. The number of rotatable bonds is 7. The molecule has 0 aliphatic carbocycles. The van der Waals surface area contributed by atoms with Crippen LogP contribution >= 0.6 is 15.9 Å². The molecule has 2 N–H and O–H groups in total. The Labute approximate surface area is 177 Å². The molecule has 0 unspecified atom stereocenters. The summed E-state index contributed by atoms with van der Waals surface area (Å²) >= 11 is 3.26. The molecule has 0 fully saturated rings. The smallest absolute Gasteiger partial charge is 0.261 e. The van der Waals surface area contributed by atoms with E-state index in [1.54, 1.807) is 24.3 Å². The summed E-state index contributed by atoms with van der Waals surface area (Å²) in [5.41, 5.74) is 1.54. The topological polar surface area (TPSA) is 75.3 Å². The van der Waals surface area contributed by atoms with Crippen molar-refractivity contribution in [3.63, 3.8) is 0 Å². The second-order valence-electron chi connectivity index (χ2n) is 6.27. The molecule has 1 amide bonds. The first-order valence-electron chi connectivity index (χ1n) is 8.74. The summed E-state index contributed by atoms with van der Waals surface area (Å²) in [6, 6.07) is 18.6. The maximum Gasteiger partial charge on any atom is 0.261 e. The number of anilines is 1. The van der Waals surface area contributed by atoms with Gasteiger partial charge >= 0.3 is 0 Å². The third-order valence-electron chi connectivity index (χ3n) is 4.11. The number of sulfonamides is 1. The molecule has 5 nitrogen and oxygen atoms in total. The molecule has 29 heavy (non-hydrogen) atoms. The van der Waals surface area contributed by atoms with E-state index in [1.807, 2.05) is 0 Å². The molecule has 0 aliphatic heterocycles. The summed E-state index contributed by atoms with van der Waals surface area (Å²) in [6.45, 7) is 0.361. The first kappa shape index (κ1) is 21.0. The Morgan fingerprint density at radius 1 is 0.966 bits per heavy atom. The molecule has 3 aromatic carbocycles. The van der Waals surface area contributed by atoms with Gasteiger partial charge in [-0.3, -0.25) is 9.52 Å². The van der Waals surface area contributed by atoms with Crippen molar-refractivity contribution in [2.75, 3.05) is 11.3 Å². The van der Waals surface area contributed by atoms with Gasteiger partial charge < -0.3 is 5.32 Å². The molecule has 0 saturated carbocycles. The number of hydrogen-bond donors (Lipinski definition) is 2. The quantitative estimate of drug-likeness (QED) is 0.531. The molecular weight excluding hydrogens is 459 g/mol. The first-order chi connectivity index (χ1) is 13.8. The van der Waals surface area contributed by atoms with Crippen LogP contribution in [-0.4, -0.2) is 20.9 Å². The highest BCUT2D eigenvalue weighted by atomic mass is 79.9. The van der Waals surface area contributed by atoms with Gasteiger partial charge in [0.15, 0.2) is 0 Å². The van der Waals surface area contributed by atoms with Crippen LogP contribution in [0, 0.1) is 5.82 Å². The zero-order valence-corrected chi connectivity index (χ0v) is 17.6. The van der Waals surface area contributed by atoms with Crippen LogP contribution in [-0.2, 0) is 16.4 Å². The predicted octanol–water partition coefficient (Wildman–Crippen LogP) is 4.36. The van der Waals surface area contributed by atoms with Crippen LogP contribution in [0.25, 0.3) is 0 Å². The van der Waals surface area contributed by atoms with Crippen LogP contribution in [0.1, 0.15) is 15.9 Å². The van der Waals surface area contributed by atoms with Crippen LogP contribution in [0.3, 0.4) is 0 Å². The van der Waals surface area contributed by atoms with Crippen LogP contribution < -0.4 is 10.0 Å². The minimum absolute atomic E-state index is 0.139. The Balaban J connectivity index is 1.57. The van der Waals surface area contributed by atoms with Gasteiger partial charge in [0.25, 0.3) is 15.9 Å². The zero-order valence-electron chi connectivity index (χ0n) is 15.2. The number of amides is 1. The second kappa shape index (κ2) is 9.19. The Kier molecular flexibility index (Phi) is 6.66. The molecule has 8 heteroatoms. The number of halogens is 2. The van der Waals surface area contributed by atoms with Gasteiger partial charge in [0.05, 0.1) is 4.90 Å². The van der Waals surface area contributed by atoms with Crippen LogP contribution in [0.5, 0.6) is 0 Å². The van der Waals surface area contributed by atoms with Gasteiger partial charge in [-0.25, -0.2) is 12.8 Å². The van der Waals surface area contributed by atoms with E-state index in [0.717, 1.165) is 10.0 Å². The van der Waals surface area contributed by atoms with E-state index < -0.39 is 10.0 Å². The third kappa shape index (κ3) is 5.88. The lowest BCUT2D eigenvalue weighted by atomic mass is 10.1. The van der Waals surface area contributed by atoms with Crippen molar-refractivity contribution in [1.82, 2.24) is 5.32 Å². The molecule has 0 radical (unpaired) electrons. The number of nitrogens with one attached hydrogen (secondary N) is 2. The molecule has 0 bridgehead atoms. The largest absolute Gasteiger partial charge is 0.352 e. The highest BCUT2D eigenvalue weighted by Gasteiger charge is 2.14. The van der Waals surface area contributed by atoms with Crippen molar-refractivity contribution in [2.24, 2.45) is 0 Å². The lowest BCUT2D eigenvalue weighted by Crippen LogP contribution is -2.25. The molecular formula is C21H18BrFN2O3S. The fourth-order valence-corrected chi connectivity index (χ4v) is 3.96. The molecule has 3 aromatic rings. The maximum absolute atomic E-state index is 13.2. The van der Waals surface area contributed by atoms with Crippen LogP contribution in [0.4, 0.5) is 10.1 Å². The van der Waals surface area contributed by atoms with Gasteiger partial charge in [-0.1, -0.05) is 28.1 Å². The van der Waals surface area contributed by atoms with Gasteiger partial charge in [0, 0.05) is 22.3 Å². The summed E-state index contributed by atoms with van der Waals surface area (Å²) in [4.78, 5) is 12.4. The Hall–Kier alpha value is -2.71. The van der Waals surface area contributed by atoms with Gasteiger partial charge in [-0.05, 0) is 72.6 Å². The fourth-order valence-electron chi connectivity index (χ4n) is 2.63. The number of carbonyl (C=O) groups excluding carboxylic acids is 1. The van der Waals surface area contributed by atoms with Crippen molar-refractivity contribution >= 4 is 37.5 Å². The summed E-state index contributed by atoms with van der Waals surface area (Å²) in [7, 11) is -3.71. The summed E-state index contributed by atoms with van der Waals surface area (Å²) in [5, 5.41) is 2.76. The number of carbonyl (C=O) groups is 1. The monoisotopic (exact) mass is 476 g/mol. The van der Waals surface area contributed by atoms with Crippen molar-refractivity contribution in [1.29, 1.82) is 0 Å². The summed E-state index contributed by atoms with van der Waals surface area (Å²) < 4.78 is 41.2. The Bertz CT molecular complexity index is 1100. The van der Waals surface area contributed by atoms with Crippen LogP contribution in [0.15, 0.2) is 82.2 Å². The average molecular weight is 477 g/mol. The lowest BCUT2D eigenvalue weighted by molar-refractivity contribution is 0.0954. The van der Waals surface area contributed by atoms with Crippen LogP contribution in [0.2, 0.25) is 0 Å². The van der Waals surface area contributed by atoms with E-state index in [9.17, 15) is 17.6 Å².